The minimum atomic E-state index is -0.931. The summed E-state index contributed by atoms with van der Waals surface area (Å²) in [5.41, 5.74) is 2.81. The third-order valence-electron chi connectivity index (χ3n) is 2.81. The quantitative estimate of drug-likeness (QED) is 0.572. The van der Waals surface area contributed by atoms with Crippen molar-refractivity contribution in [2.45, 2.75) is 0 Å². The van der Waals surface area contributed by atoms with Gasteiger partial charge in [0.1, 0.15) is 5.75 Å². The van der Waals surface area contributed by atoms with Crippen molar-refractivity contribution < 1.29 is 13.5 Å². The highest BCUT2D eigenvalue weighted by Crippen LogP contribution is 2.27. The summed E-state index contributed by atoms with van der Waals surface area (Å²) in [5.74, 6) is 2.85. The van der Waals surface area contributed by atoms with Gasteiger partial charge in [-0.1, -0.05) is 18.2 Å². The molecule has 0 aliphatic carbocycles. The van der Waals surface area contributed by atoms with E-state index in [0.717, 1.165) is 10.9 Å². The number of aromatic nitrogens is 2. The predicted molar refractivity (Wildman–Crippen MR) is 73.8 cm³/mol. The molecule has 0 unspecified atom stereocenters. The van der Waals surface area contributed by atoms with Crippen LogP contribution in [-0.2, 0) is 0 Å². The number of hydrogen-bond acceptors (Lipinski definition) is 5. The van der Waals surface area contributed by atoms with Crippen LogP contribution in [0, 0.1) is 11.6 Å². The zero-order valence-corrected chi connectivity index (χ0v) is 10.7. The number of nitrogens with zero attached hydrogens (tertiary/aromatic N) is 2. The number of para-hydroxylation sites is 1. The van der Waals surface area contributed by atoms with Crippen molar-refractivity contribution >= 4 is 16.7 Å². The Labute approximate surface area is 118 Å². The lowest BCUT2D eigenvalue weighted by Gasteiger charge is -2.08. The zero-order valence-electron chi connectivity index (χ0n) is 10.7. The normalized spacial score (nSPS) is 10.6. The Morgan fingerprint density at radius 1 is 1.10 bits per heavy atom. The molecular formula is C14H10F2N4O. The highest BCUT2D eigenvalue weighted by molar-refractivity contribution is 5.79. The van der Waals surface area contributed by atoms with Gasteiger partial charge < -0.3 is 10.2 Å². The summed E-state index contributed by atoms with van der Waals surface area (Å²) in [6, 6.07) is 9.72. The van der Waals surface area contributed by atoms with E-state index in [-0.39, 0.29) is 17.4 Å². The lowest BCUT2D eigenvalue weighted by molar-refractivity contribution is 0.417. The van der Waals surface area contributed by atoms with E-state index < -0.39 is 11.6 Å². The van der Waals surface area contributed by atoms with Gasteiger partial charge in [-0.25, -0.2) is 14.6 Å². The van der Waals surface area contributed by atoms with Gasteiger partial charge in [-0.2, -0.15) is 4.98 Å². The zero-order chi connectivity index (χ0) is 14.8. The number of hydrogen-bond donors (Lipinski definition) is 2. The Morgan fingerprint density at radius 2 is 1.90 bits per heavy atom. The van der Waals surface area contributed by atoms with Gasteiger partial charge in [0.15, 0.2) is 17.5 Å². The second-order valence-electron chi connectivity index (χ2n) is 4.22. The van der Waals surface area contributed by atoms with E-state index in [0.29, 0.717) is 6.07 Å². The van der Waals surface area contributed by atoms with Crippen LogP contribution in [0.4, 0.5) is 14.6 Å². The molecule has 3 N–H and O–H groups in total. The summed E-state index contributed by atoms with van der Waals surface area (Å²) in [7, 11) is 0. The number of nitrogens with one attached hydrogen (secondary N) is 1. The van der Waals surface area contributed by atoms with Gasteiger partial charge in [0, 0.05) is 11.5 Å². The molecule has 0 aliphatic heterocycles. The number of anilines is 1. The summed E-state index contributed by atoms with van der Waals surface area (Å²) in [4.78, 5) is 7.81. The Balaban J connectivity index is 1.98. The third kappa shape index (κ3) is 2.59. The first-order chi connectivity index (χ1) is 10.2. The van der Waals surface area contributed by atoms with Crippen molar-refractivity contribution in [1.29, 1.82) is 0 Å². The maximum atomic E-state index is 13.6. The van der Waals surface area contributed by atoms with Gasteiger partial charge in [0.05, 0.1) is 11.7 Å². The predicted octanol–water partition coefficient (Wildman–Crippen LogP) is 2.99. The van der Waals surface area contributed by atoms with E-state index in [9.17, 15) is 8.78 Å². The monoisotopic (exact) mass is 288 g/mol. The maximum Gasteiger partial charge on any atom is 0.258 e. The average molecular weight is 288 g/mol. The summed E-state index contributed by atoms with van der Waals surface area (Å²) in [6.07, 6.45) is 1.43. The first-order valence-corrected chi connectivity index (χ1v) is 6.02. The lowest BCUT2D eigenvalue weighted by Crippen LogP contribution is -2.11. The van der Waals surface area contributed by atoms with Crippen LogP contribution in [0.3, 0.4) is 0 Å². The SMILES string of the molecule is NNc1nc(Oc2cnc3ccccc3c2)c(F)cc1F. The number of ether oxygens (including phenoxy) is 1. The number of nitrogen functional groups attached to an aromatic ring is 1. The number of halogens is 2. The Bertz CT molecular complexity index is 810. The number of rotatable bonds is 3. The first kappa shape index (κ1) is 13.2. The maximum absolute atomic E-state index is 13.6. The summed E-state index contributed by atoms with van der Waals surface area (Å²) in [5, 5.41) is 0.828. The summed E-state index contributed by atoms with van der Waals surface area (Å²) >= 11 is 0. The van der Waals surface area contributed by atoms with Gasteiger partial charge in [-0.15, -0.1) is 0 Å². The van der Waals surface area contributed by atoms with Gasteiger partial charge >= 0.3 is 0 Å². The van der Waals surface area contributed by atoms with Crippen molar-refractivity contribution in [3.05, 3.63) is 54.2 Å². The van der Waals surface area contributed by atoms with Crippen molar-refractivity contribution in [2.24, 2.45) is 5.84 Å². The van der Waals surface area contributed by atoms with Crippen molar-refractivity contribution in [2.75, 3.05) is 5.43 Å². The first-order valence-electron chi connectivity index (χ1n) is 6.02. The standard InChI is InChI=1S/C14H10F2N4O/c15-10-6-11(16)14(19-13(10)20-17)21-9-5-8-3-1-2-4-12(8)18-7-9/h1-7H,17H2,(H,19,20). The number of pyridine rings is 2. The molecule has 2 heterocycles. The molecule has 0 saturated carbocycles. The van der Waals surface area contributed by atoms with Gasteiger partial charge in [-0.3, -0.25) is 4.98 Å². The van der Waals surface area contributed by atoms with Crippen LogP contribution in [0.5, 0.6) is 11.6 Å². The number of hydrazine groups is 1. The molecule has 0 amide bonds. The van der Waals surface area contributed by atoms with Gasteiger partial charge in [0.2, 0.25) is 0 Å². The molecule has 0 radical (unpaired) electrons. The smallest absolute Gasteiger partial charge is 0.258 e. The van der Waals surface area contributed by atoms with Crippen LogP contribution >= 0.6 is 0 Å². The number of nitrogens with two attached hydrogens (primary N) is 1. The van der Waals surface area contributed by atoms with Crippen LogP contribution in [-0.4, -0.2) is 9.97 Å². The van der Waals surface area contributed by atoms with Crippen LogP contribution in [0.1, 0.15) is 0 Å². The average Bonchev–Trinajstić information content (AvgIpc) is 2.50. The molecule has 0 fully saturated rings. The number of fused-ring (bicyclic) bond motifs is 1. The second-order valence-corrected chi connectivity index (χ2v) is 4.22. The molecule has 0 spiro atoms. The number of benzene rings is 1. The fraction of sp³-hybridized carbons (Fsp3) is 0. The molecular weight excluding hydrogens is 278 g/mol. The largest absolute Gasteiger partial charge is 0.435 e. The van der Waals surface area contributed by atoms with E-state index in [1.165, 1.54) is 6.20 Å². The molecule has 21 heavy (non-hydrogen) atoms. The van der Waals surface area contributed by atoms with Crippen molar-refractivity contribution in [3.63, 3.8) is 0 Å². The van der Waals surface area contributed by atoms with Crippen molar-refractivity contribution in [3.8, 4) is 11.6 Å². The lowest BCUT2D eigenvalue weighted by atomic mass is 10.2. The molecule has 1 aromatic carbocycles. The van der Waals surface area contributed by atoms with Crippen LogP contribution in [0.2, 0.25) is 0 Å². The highest BCUT2D eigenvalue weighted by Gasteiger charge is 2.13. The molecule has 0 saturated heterocycles. The van der Waals surface area contributed by atoms with Gasteiger partial charge in [0.25, 0.3) is 5.88 Å². The van der Waals surface area contributed by atoms with E-state index in [4.69, 9.17) is 10.6 Å². The van der Waals surface area contributed by atoms with Crippen LogP contribution in [0.15, 0.2) is 42.6 Å². The minimum absolute atomic E-state index is 0.287. The molecule has 3 rings (SSSR count). The van der Waals surface area contributed by atoms with E-state index in [1.807, 2.05) is 29.7 Å². The molecule has 7 heteroatoms. The Morgan fingerprint density at radius 3 is 2.71 bits per heavy atom. The Hall–Kier alpha value is -2.80. The molecule has 5 nitrogen and oxygen atoms in total. The van der Waals surface area contributed by atoms with Crippen molar-refractivity contribution in [1.82, 2.24) is 9.97 Å². The third-order valence-corrected chi connectivity index (χ3v) is 2.81. The topological polar surface area (TPSA) is 73.1 Å². The molecule has 2 aromatic heterocycles. The molecule has 3 aromatic rings. The van der Waals surface area contributed by atoms with E-state index >= 15 is 0 Å². The second kappa shape index (κ2) is 5.29. The molecule has 0 bridgehead atoms. The summed E-state index contributed by atoms with van der Waals surface area (Å²) < 4.78 is 32.2. The minimum Gasteiger partial charge on any atom is -0.435 e. The van der Waals surface area contributed by atoms with E-state index in [2.05, 4.69) is 9.97 Å². The van der Waals surface area contributed by atoms with Crippen LogP contribution in [0.25, 0.3) is 10.9 Å². The van der Waals surface area contributed by atoms with Gasteiger partial charge in [-0.05, 0) is 12.1 Å². The Kier molecular flexibility index (Phi) is 3.33. The summed E-state index contributed by atoms with van der Waals surface area (Å²) in [6.45, 7) is 0. The fourth-order valence-corrected chi connectivity index (χ4v) is 1.84. The highest BCUT2D eigenvalue weighted by atomic mass is 19.1. The van der Waals surface area contributed by atoms with Crippen LogP contribution < -0.4 is 16.0 Å². The molecule has 0 atom stereocenters. The molecule has 0 aliphatic rings. The fourth-order valence-electron chi connectivity index (χ4n) is 1.84. The molecule has 106 valence electrons. The van der Waals surface area contributed by atoms with E-state index in [1.54, 1.807) is 6.07 Å².